The van der Waals surface area contributed by atoms with Crippen LogP contribution in [0.2, 0.25) is 0 Å². The van der Waals surface area contributed by atoms with Gasteiger partial charge in [-0.25, -0.2) is 0 Å². The van der Waals surface area contributed by atoms with Gasteiger partial charge in [0.05, 0.1) is 0 Å². The minimum atomic E-state index is -0.501. The van der Waals surface area contributed by atoms with E-state index in [9.17, 15) is 9.59 Å². The molecule has 0 heterocycles. The molecule has 0 saturated heterocycles. The molecule has 1 aromatic rings. The molecule has 0 aromatic heterocycles. The number of allylic oxidation sites excluding steroid dienone is 1. The van der Waals surface area contributed by atoms with Crippen molar-refractivity contribution in [2.45, 2.75) is 46.1 Å². The second-order valence-corrected chi connectivity index (χ2v) is 6.99. The molecule has 0 bridgehead atoms. The van der Waals surface area contributed by atoms with E-state index < -0.39 is 6.10 Å². The first kappa shape index (κ1) is 22.0. The van der Waals surface area contributed by atoms with Crippen molar-refractivity contribution < 1.29 is 19.1 Å². The molecule has 1 rings (SSSR count). The van der Waals surface area contributed by atoms with Crippen LogP contribution in [0, 0.1) is 0 Å². The van der Waals surface area contributed by atoms with E-state index in [2.05, 4.69) is 12.6 Å². The third-order valence-electron chi connectivity index (χ3n) is 3.74. The first-order valence-corrected chi connectivity index (χ1v) is 9.84. The van der Waals surface area contributed by atoms with Crippen LogP contribution in [0.3, 0.4) is 0 Å². The van der Waals surface area contributed by atoms with Crippen LogP contribution in [0.4, 0.5) is 0 Å². The SMILES string of the molecule is C=C(C)CCCc1ccccc1C(OC(C)=O)/C(=C/COC(C)=O)SC. The topological polar surface area (TPSA) is 52.6 Å². The maximum atomic E-state index is 11.7. The van der Waals surface area contributed by atoms with Crippen LogP contribution < -0.4 is 0 Å². The Labute approximate surface area is 160 Å². The lowest BCUT2D eigenvalue weighted by molar-refractivity contribution is -0.145. The van der Waals surface area contributed by atoms with Crippen molar-refractivity contribution in [2.75, 3.05) is 12.9 Å². The molecule has 0 fully saturated rings. The molecule has 0 saturated carbocycles. The summed E-state index contributed by atoms with van der Waals surface area (Å²) in [6.45, 7) is 8.90. The second-order valence-electron chi connectivity index (χ2n) is 6.11. The average molecular weight is 377 g/mol. The Balaban J connectivity index is 3.12. The average Bonchev–Trinajstić information content (AvgIpc) is 2.57. The molecule has 0 aliphatic heterocycles. The van der Waals surface area contributed by atoms with Crippen LogP contribution in [0.25, 0.3) is 0 Å². The fraction of sp³-hybridized carbons (Fsp3) is 0.429. The Bertz CT molecular complexity index is 664. The summed E-state index contributed by atoms with van der Waals surface area (Å²) in [5, 5.41) is 0. The van der Waals surface area contributed by atoms with E-state index in [1.54, 1.807) is 6.08 Å². The van der Waals surface area contributed by atoms with E-state index in [1.807, 2.05) is 31.4 Å². The van der Waals surface area contributed by atoms with Gasteiger partial charge in [0.1, 0.15) is 6.61 Å². The minimum absolute atomic E-state index is 0.154. The van der Waals surface area contributed by atoms with Crippen LogP contribution in [0.15, 0.2) is 47.4 Å². The number of rotatable bonds is 10. The van der Waals surface area contributed by atoms with Gasteiger partial charge in [-0.05, 0) is 44.1 Å². The van der Waals surface area contributed by atoms with Crippen LogP contribution in [-0.2, 0) is 25.5 Å². The lowest BCUT2D eigenvalue weighted by atomic mass is 9.96. The largest absolute Gasteiger partial charge is 0.462 e. The summed E-state index contributed by atoms with van der Waals surface area (Å²) in [5.41, 5.74) is 3.27. The molecule has 0 aliphatic carbocycles. The quantitative estimate of drug-likeness (QED) is 0.425. The van der Waals surface area contributed by atoms with Crippen molar-refractivity contribution in [3.63, 3.8) is 0 Å². The molecule has 0 radical (unpaired) electrons. The Morgan fingerprint density at radius 3 is 2.46 bits per heavy atom. The number of carbonyl (C=O) groups excluding carboxylic acids is 2. The van der Waals surface area contributed by atoms with Crippen molar-refractivity contribution in [2.24, 2.45) is 0 Å². The Kier molecular flexibility index (Phi) is 9.81. The van der Waals surface area contributed by atoms with Crippen LogP contribution in [0.1, 0.15) is 50.8 Å². The van der Waals surface area contributed by atoms with Gasteiger partial charge in [0, 0.05) is 24.3 Å². The number of aryl methyl sites for hydroxylation is 1. The molecule has 142 valence electrons. The monoisotopic (exact) mass is 376 g/mol. The molecule has 4 nitrogen and oxygen atoms in total. The zero-order valence-corrected chi connectivity index (χ0v) is 16.9. The number of thioether (sulfide) groups is 1. The Hall–Kier alpha value is -2.01. The summed E-state index contributed by atoms with van der Waals surface area (Å²) in [6, 6.07) is 7.98. The minimum Gasteiger partial charge on any atom is -0.462 e. The third kappa shape index (κ3) is 7.91. The maximum absolute atomic E-state index is 11.7. The van der Waals surface area contributed by atoms with Crippen molar-refractivity contribution in [1.82, 2.24) is 0 Å². The molecule has 1 aromatic carbocycles. The predicted octanol–water partition coefficient (Wildman–Crippen LogP) is 5.00. The zero-order chi connectivity index (χ0) is 19.5. The summed E-state index contributed by atoms with van der Waals surface area (Å²) in [5.74, 6) is -0.690. The predicted molar refractivity (Wildman–Crippen MR) is 107 cm³/mol. The van der Waals surface area contributed by atoms with Crippen molar-refractivity contribution in [1.29, 1.82) is 0 Å². The van der Waals surface area contributed by atoms with Crippen LogP contribution >= 0.6 is 11.8 Å². The number of hydrogen-bond acceptors (Lipinski definition) is 5. The smallest absolute Gasteiger partial charge is 0.303 e. The van der Waals surface area contributed by atoms with Gasteiger partial charge in [0.15, 0.2) is 6.10 Å². The standard InChI is InChI=1S/C21H28O4S/c1-15(2)9-8-11-18-10-6-7-12-19(18)21(25-17(4)23)20(26-5)13-14-24-16(3)22/h6-7,10,12-13,21H,1,8-9,11,14H2,2-5H3/b20-13-. The van der Waals surface area contributed by atoms with Gasteiger partial charge in [-0.1, -0.05) is 29.8 Å². The molecule has 0 amide bonds. The number of hydrogen-bond donors (Lipinski definition) is 0. The van der Waals surface area contributed by atoms with Gasteiger partial charge in [-0.2, -0.15) is 0 Å². The van der Waals surface area contributed by atoms with Gasteiger partial charge in [0.25, 0.3) is 0 Å². The molecule has 1 unspecified atom stereocenters. The normalized spacial score (nSPS) is 12.4. The van der Waals surface area contributed by atoms with Crippen molar-refractivity contribution >= 4 is 23.7 Å². The van der Waals surface area contributed by atoms with Gasteiger partial charge in [0.2, 0.25) is 0 Å². The van der Waals surface area contributed by atoms with E-state index in [0.29, 0.717) is 0 Å². The van der Waals surface area contributed by atoms with Crippen molar-refractivity contribution in [3.05, 3.63) is 58.5 Å². The molecule has 0 N–H and O–H groups in total. The van der Waals surface area contributed by atoms with E-state index >= 15 is 0 Å². The fourth-order valence-corrected chi connectivity index (χ4v) is 3.20. The lowest BCUT2D eigenvalue weighted by Crippen LogP contribution is -2.13. The molecule has 0 spiro atoms. The summed E-state index contributed by atoms with van der Waals surface area (Å²) in [4.78, 5) is 23.5. The van der Waals surface area contributed by atoms with Gasteiger partial charge in [-0.3, -0.25) is 9.59 Å². The lowest BCUT2D eigenvalue weighted by Gasteiger charge is -2.22. The molecule has 1 atom stereocenters. The molecular weight excluding hydrogens is 348 g/mol. The van der Waals surface area contributed by atoms with Gasteiger partial charge >= 0.3 is 11.9 Å². The van der Waals surface area contributed by atoms with E-state index in [4.69, 9.17) is 9.47 Å². The molecular formula is C21H28O4S. The summed E-state index contributed by atoms with van der Waals surface area (Å²) < 4.78 is 10.6. The maximum Gasteiger partial charge on any atom is 0.303 e. The fourth-order valence-electron chi connectivity index (χ4n) is 2.58. The molecule has 0 aliphatic rings. The zero-order valence-electron chi connectivity index (χ0n) is 16.0. The highest BCUT2D eigenvalue weighted by atomic mass is 32.2. The van der Waals surface area contributed by atoms with Gasteiger partial charge < -0.3 is 9.47 Å². The highest BCUT2D eigenvalue weighted by Crippen LogP contribution is 2.35. The van der Waals surface area contributed by atoms with E-state index in [1.165, 1.54) is 25.6 Å². The highest BCUT2D eigenvalue weighted by Gasteiger charge is 2.22. The summed E-state index contributed by atoms with van der Waals surface area (Å²) in [6.07, 6.45) is 6.05. The Morgan fingerprint density at radius 2 is 1.88 bits per heavy atom. The van der Waals surface area contributed by atoms with E-state index in [0.717, 1.165) is 40.9 Å². The van der Waals surface area contributed by atoms with Gasteiger partial charge in [-0.15, -0.1) is 18.3 Å². The first-order valence-electron chi connectivity index (χ1n) is 8.62. The highest BCUT2D eigenvalue weighted by molar-refractivity contribution is 8.02. The van der Waals surface area contributed by atoms with Crippen LogP contribution in [0.5, 0.6) is 0 Å². The molecule has 5 heteroatoms. The Morgan fingerprint density at radius 1 is 1.19 bits per heavy atom. The number of benzene rings is 1. The number of esters is 2. The number of carbonyl (C=O) groups is 2. The summed E-state index contributed by atoms with van der Waals surface area (Å²) >= 11 is 1.48. The first-order chi connectivity index (χ1) is 12.3. The van der Waals surface area contributed by atoms with Crippen LogP contribution in [-0.4, -0.2) is 24.8 Å². The second kappa shape index (κ2) is 11.6. The number of ether oxygens (including phenoxy) is 2. The third-order valence-corrected chi connectivity index (χ3v) is 4.59. The molecule has 26 heavy (non-hydrogen) atoms. The summed E-state index contributed by atoms with van der Waals surface area (Å²) in [7, 11) is 0. The van der Waals surface area contributed by atoms with Crippen molar-refractivity contribution in [3.8, 4) is 0 Å². The van der Waals surface area contributed by atoms with E-state index in [-0.39, 0.29) is 18.5 Å².